The van der Waals surface area contributed by atoms with Crippen molar-refractivity contribution in [3.8, 4) is 0 Å². The summed E-state index contributed by atoms with van der Waals surface area (Å²) in [4.78, 5) is 39.7. The smallest absolute Gasteiger partial charge is 0.409 e. The SMILES string of the molecule is CCOC(=O)N1CCC(n2ccc3c(NC(=O)CC4C[C@@H]5CC[C@@H]4C5)cccc3c2=O)CC1. The molecule has 3 fully saturated rings. The van der Waals surface area contributed by atoms with Gasteiger partial charge >= 0.3 is 6.09 Å². The van der Waals surface area contributed by atoms with Crippen molar-refractivity contribution in [1.82, 2.24) is 9.47 Å². The van der Waals surface area contributed by atoms with E-state index in [2.05, 4.69) is 5.32 Å². The molecule has 2 saturated carbocycles. The maximum Gasteiger partial charge on any atom is 0.409 e. The van der Waals surface area contributed by atoms with E-state index in [4.69, 9.17) is 4.74 Å². The van der Waals surface area contributed by atoms with Crippen LogP contribution in [0.25, 0.3) is 10.8 Å². The first-order valence-electron chi connectivity index (χ1n) is 12.4. The molecule has 1 unspecified atom stereocenters. The number of benzene rings is 1. The first-order chi connectivity index (χ1) is 16.0. The summed E-state index contributed by atoms with van der Waals surface area (Å²) >= 11 is 0. The Labute approximate surface area is 194 Å². The Morgan fingerprint density at radius 3 is 2.58 bits per heavy atom. The highest BCUT2D eigenvalue weighted by Gasteiger charge is 2.40. The number of rotatable bonds is 5. The Bertz CT molecular complexity index is 1100. The third-order valence-electron chi connectivity index (χ3n) is 7.96. The fraction of sp³-hybridized carbons (Fsp3) is 0.577. The van der Waals surface area contributed by atoms with Gasteiger partial charge in [0, 0.05) is 48.2 Å². The molecule has 1 aliphatic heterocycles. The van der Waals surface area contributed by atoms with E-state index in [9.17, 15) is 14.4 Å². The highest BCUT2D eigenvalue weighted by molar-refractivity contribution is 6.01. The molecule has 3 atom stereocenters. The lowest BCUT2D eigenvalue weighted by Crippen LogP contribution is -2.41. The van der Waals surface area contributed by atoms with Crippen LogP contribution in [0.4, 0.5) is 10.5 Å². The lowest BCUT2D eigenvalue weighted by Gasteiger charge is -2.32. The summed E-state index contributed by atoms with van der Waals surface area (Å²) in [5.74, 6) is 2.11. The third-order valence-corrected chi connectivity index (χ3v) is 7.96. The number of anilines is 1. The van der Waals surface area contributed by atoms with E-state index in [0.29, 0.717) is 56.0 Å². The molecule has 0 radical (unpaired) electrons. The maximum atomic E-state index is 13.3. The third kappa shape index (κ3) is 4.37. The molecule has 7 nitrogen and oxygen atoms in total. The molecule has 0 spiro atoms. The Hall–Kier alpha value is -2.83. The normalized spacial score (nSPS) is 24.9. The van der Waals surface area contributed by atoms with E-state index >= 15 is 0 Å². The van der Waals surface area contributed by atoms with Crippen molar-refractivity contribution in [2.24, 2.45) is 17.8 Å². The number of hydrogen-bond acceptors (Lipinski definition) is 4. The van der Waals surface area contributed by atoms with Crippen molar-refractivity contribution >= 4 is 28.5 Å². The zero-order chi connectivity index (χ0) is 22.9. The van der Waals surface area contributed by atoms with Crippen molar-refractivity contribution < 1.29 is 14.3 Å². The second-order valence-electron chi connectivity index (χ2n) is 9.90. The summed E-state index contributed by atoms with van der Waals surface area (Å²) in [6.45, 7) is 3.32. The molecular formula is C26H33N3O4. The quantitative estimate of drug-likeness (QED) is 0.723. The Balaban J connectivity index is 1.29. The molecule has 2 heterocycles. The van der Waals surface area contributed by atoms with Crippen LogP contribution < -0.4 is 10.9 Å². The maximum absolute atomic E-state index is 13.3. The zero-order valence-corrected chi connectivity index (χ0v) is 19.3. The van der Waals surface area contributed by atoms with Crippen molar-refractivity contribution in [3.05, 3.63) is 40.8 Å². The largest absolute Gasteiger partial charge is 0.450 e. The Morgan fingerprint density at radius 2 is 1.88 bits per heavy atom. The molecule has 33 heavy (non-hydrogen) atoms. The number of fused-ring (bicyclic) bond motifs is 3. The summed E-state index contributed by atoms with van der Waals surface area (Å²) in [5.41, 5.74) is 0.660. The Morgan fingerprint density at radius 1 is 1.06 bits per heavy atom. The minimum Gasteiger partial charge on any atom is -0.450 e. The van der Waals surface area contributed by atoms with Gasteiger partial charge in [0.15, 0.2) is 0 Å². The van der Waals surface area contributed by atoms with Gasteiger partial charge < -0.3 is 19.5 Å². The number of nitrogens with zero attached hydrogens (tertiary/aromatic N) is 2. The standard InChI is InChI=1S/C26H33N3O4/c1-2-33-26(32)28-11-8-20(9-12-28)29-13-10-21-22(25(29)31)4-3-5-23(21)27-24(30)16-19-15-17-6-7-18(19)14-17/h3-5,10,13,17-20H,2,6-9,11-12,14-16H2,1H3,(H,27,30)/t17-,18-,19?/m1/s1. The fourth-order valence-corrected chi connectivity index (χ4v) is 6.30. The highest BCUT2D eigenvalue weighted by Crippen LogP contribution is 2.49. The summed E-state index contributed by atoms with van der Waals surface area (Å²) in [6.07, 6.45) is 8.64. The van der Waals surface area contributed by atoms with E-state index in [1.807, 2.05) is 30.5 Å². The van der Waals surface area contributed by atoms with E-state index in [1.165, 1.54) is 25.7 Å². The number of hydrogen-bond donors (Lipinski definition) is 1. The number of ether oxygens (including phenoxy) is 1. The van der Waals surface area contributed by atoms with Crippen LogP contribution in [0.1, 0.15) is 57.9 Å². The van der Waals surface area contributed by atoms with Gasteiger partial charge in [-0.2, -0.15) is 0 Å². The van der Waals surface area contributed by atoms with Crippen LogP contribution in [0.3, 0.4) is 0 Å². The molecule has 2 aromatic rings. The number of carbonyl (C=O) groups is 2. The zero-order valence-electron chi connectivity index (χ0n) is 19.3. The summed E-state index contributed by atoms with van der Waals surface area (Å²) < 4.78 is 6.87. The second kappa shape index (κ2) is 9.20. The van der Waals surface area contributed by atoms with Gasteiger partial charge in [0.1, 0.15) is 0 Å². The average Bonchev–Trinajstić information content (AvgIpc) is 3.43. The molecule has 1 aromatic heterocycles. The second-order valence-corrected chi connectivity index (χ2v) is 9.90. The van der Waals surface area contributed by atoms with Crippen molar-refractivity contribution in [2.75, 3.05) is 25.0 Å². The van der Waals surface area contributed by atoms with Gasteiger partial charge in [0.2, 0.25) is 5.91 Å². The van der Waals surface area contributed by atoms with Gasteiger partial charge in [-0.15, -0.1) is 0 Å². The van der Waals surface area contributed by atoms with Gasteiger partial charge in [-0.1, -0.05) is 12.5 Å². The number of amides is 2. The van der Waals surface area contributed by atoms with E-state index in [1.54, 1.807) is 16.4 Å². The van der Waals surface area contributed by atoms with Crippen LogP contribution >= 0.6 is 0 Å². The van der Waals surface area contributed by atoms with Crippen LogP contribution in [0.5, 0.6) is 0 Å². The molecular weight excluding hydrogens is 418 g/mol. The van der Waals surface area contributed by atoms with E-state index < -0.39 is 0 Å². The molecule has 5 rings (SSSR count). The predicted molar refractivity (Wildman–Crippen MR) is 127 cm³/mol. The molecule has 1 saturated heterocycles. The highest BCUT2D eigenvalue weighted by atomic mass is 16.6. The van der Waals surface area contributed by atoms with Crippen molar-refractivity contribution in [2.45, 2.75) is 57.9 Å². The first-order valence-corrected chi connectivity index (χ1v) is 12.4. The molecule has 3 aliphatic rings. The lowest BCUT2D eigenvalue weighted by molar-refractivity contribution is -0.117. The first kappa shape index (κ1) is 22.0. The fourth-order valence-electron chi connectivity index (χ4n) is 6.30. The lowest BCUT2D eigenvalue weighted by atomic mass is 9.86. The molecule has 1 aromatic carbocycles. The molecule has 2 bridgehead atoms. The number of pyridine rings is 1. The minimum absolute atomic E-state index is 0.0450. The van der Waals surface area contributed by atoms with Crippen LogP contribution in [-0.4, -0.2) is 41.2 Å². The minimum atomic E-state index is -0.285. The van der Waals surface area contributed by atoms with Crippen LogP contribution in [0.2, 0.25) is 0 Å². The molecule has 1 N–H and O–H groups in total. The van der Waals surface area contributed by atoms with Crippen LogP contribution in [0, 0.1) is 17.8 Å². The molecule has 2 amide bonds. The molecule has 2 aliphatic carbocycles. The summed E-state index contributed by atoms with van der Waals surface area (Å²) in [6, 6.07) is 7.52. The average molecular weight is 452 g/mol. The monoisotopic (exact) mass is 451 g/mol. The Kier molecular flexibility index (Phi) is 6.13. The van der Waals surface area contributed by atoms with Crippen LogP contribution in [0.15, 0.2) is 35.3 Å². The van der Waals surface area contributed by atoms with Gasteiger partial charge in [0.05, 0.1) is 6.61 Å². The van der Waals surface area contributed by atoms with Crippen molar-refractivity contribution in [3.63, 3.8) is 0 Å². The van der Waals surface area contributed by atoms with Crippen molar-refractivity contribution in [1.29, 1.82) is 0 Å². The topological polar surface area (TPSA) is 80.6 Å². The van der Waals surface area contributed by atoms with Crippen LogP contribution in [-0.2, 0) is 9.53 Å². The summed E-state index contributed by atoms with van der Waals surface area (Å²) in [5, 5.41) is 4.48. The number of carbonyl (C=O) groups excluding carboxylic acids is 2. The number of piperidine rings is 1. The summed E-state index contributed by atoms with van der Waals surface area (Å²) in [7, 11) is 0. The molecule has 7 heteroatoms. The van der Waals surface area contributed by atoms with Gasteiger partial charge in [-0.25, -0.2) is 4.79 Å². The van der Waals surface area contributed by atoms with Gasteiger partial charge in [-0.05, 0) is 75.0 Å². The predicted octanol–water partition coefficient (Wildman–Crippen LogP) is 4.56. The van der Waals surface area contributed by atoms with Gasteiger partial charge in [-0.3, -0.25) is 9.59 Å². The number of nitrogens with one attached hydrogen (secondary N) is 1. The van der Waals surface area contributed by atoms with Gasteiger partial charge in [0.25, 0.3) is 5.56 Å². The molecule has 176 valence electrons. The van der Waals surface area contributed by atoms with E-state index in [0.717, 1.165) is 17.2 Å². The number of aromatic nitrogens is 1. The van der Waals surface area contributed by atoms with E-state index in [-0.39, 0.29) is 23.6 Å². The number of likely N-dealkylation sites (tertiary alicyclic amines) is 1.